The minimum absolute atomic E-state index is 0.0989. The summed E-state index contributed by atoms with van der Waals surface area (Å²) < 4.78 is 21.3. The lowest BCUT2D eigenvalue weighted by Gasteiger charge is -2.56. The lowest BCUT2D eigenvalue weighted by atomic mass is 9.56. The SMILES string of the molecule is CCCCC(CC)CO[Si](OCC(CC)CCCC)OC(C(C)C)(C(CC)CCCC)C(C)(CCC)CCCC. The van der Waals surface area contributed by atoms with E-state index in [1.54, 1.807) is 0 Å². The van der Waals surface area contributed by atoms with Gasteiger partial charge in [0.2, 0.25) is 0 Å². The third kappa shape index (κ3) is 13.2. The van der Waals surface area contributed by atoms with Crippen molar-refractivity contribution >= 4 is 9.53 Å². The van der Waals surface area contributed by atoms with Crippen LogP contribution in [0.2, 0.25) is 0 Å². The molecule has 0 aromatic heterocycles. The first-order valence-corrected chi connectivity index (χ1v) is 19.2. The van der Waals surface area contributed by atoms with Crippen LogP contribution in [0.1, 0.15) is 185 Å². The van der Waals surface area contributed by atoms with Gasteiger partial charge in [-0.3, -0.25) is 0 Å². The van der Waals surface area contributed by atoms with Crippen LogP contribution in [-0.4, -0.2) is 28.3 Å². The third-order valence-electron chi connectivity index (χ3n) is 9.90. The Kier molecular flexibility index (Phi) is 23.6. The Morgan fingerprint density at radius 3 is 1.43 bits per heavy atom. The molecule has 0 aliphatic heterocycles. The van der Waals surface area contributed by atoms with E-state index in [-0.39, 0.29) is 11.0 Å². The van der Waals surface area contributed by atoms with Crippen LogP contribution in [-0.2, 0) is 13.3 Å². The van der Waals surface area contributed by atoms with Crippen LogP contribution in [0, 0.1) is 29.1 Å². The molecule has 241 valence electrons. The summed E-state index contributed by atoms with van der Waals surface area (Å²) in [5.41, 5.74) is -0.144. The molecule has 0 aliphatic carbocycles. The van der Waals surface area contributed by atoms with Gasteiger partial charge in [-0.25, -0.2) is 0 Å². The molecule has 0 heterocycles. The van der Waals surface area contributed by atoms with E-state index >= 15 is 0 Å². The Morgan fingerprint density at radius 2 is 1.05 bits per heavy atom. The largest absolute Gasteiger partial charge is 0.578 e. The van der Waals surface area contributed by atoms with Gasteiger partial charge in [-0.05, 0) is 61.2 Å². The first kappa shape index (κ1) is 40.1. The molecule has 0 rings (SSSR count). The molecule has 5 unspecified atom stereocenters. The fraction of sp³-hybridized carbons (Fsp3) is 1.00. The maximum absolute atomic E-state index is 7.62. The molecular weight excluding hydrogens is 508 g/mol. The molecule has 0 amide bonds. The zero-order valence-electron chi connectivity index (χ0n) is 29.5. The van der Waals surface area contributed by atoms with Gasteiger partial charge in [-0.2, -0.15) is 0 Å². The van der Waals surface area contributed by atoms with Gasteiger partial charge in [0.05, 0.1) is 5.60 Å². The number of unbranched alkanes of at least 4 members (excludes halogenated alkanes) is 4. The number of rotatable bonds is 28. The Hall–Kier alpha value is 0.0969. The zero-order valence-corrected chi connectivity index (χ0v) is 30.5. The summed E-state index contributed by atoms with van der Waals surface area (Å²) >= 11 is 0. The highest BCUT2D eigenvalue weighted by Gasteiger charge is 2.56. The maximum Gasteiger partial charge on any atom is 0.578 e. The highest BCUT2D eigenvalue weighted by Crippen LogP contribution is 2.54. The molecule has 40 heavy (non-hydrogen) atoms. The minimum atomic E-state index is -1.91. The van der Waals surface area contributed by atoms with E-state index in [0.717, 1.165) is 32.5 Å². The monoisotopic (exact) mass is 584 g/mol. The van der Waals surface area contributed by atoms with Crippen LogP contribution < -0.4 is 0 Å². The lowest BCUT2D eigenvalue weighted by Crippen LogP contribution is -2.61. The quantitative estimate of drug-likeness (QED) is 0.0857. The Morgan fingerprint density at radius 1 is 0.575 bits per heavy atom. The summed E-state index contributed by atoms with van der Waals surface area (Å²) in [6, 6.07) is 0. The fourth-order valence-electron chi connectivity index (χ4n) is 7.20. The van der Waals surface area contributed by atoms with Crippen molar-refractivity contribution in [3.8, 4) is 0 Å². The van der Waals surface area contributed by atoms with Gasteiger partial charge in [0.25, 0.3) is 0 Å². The summed E-state index contributed by atoms with van der Waals surface area (Å²) in [6.07, 6.45) is 20.8. The average Bonchev–Trinajstić information content (AvgIpc) is 2.95. The van der Waals surface area contributed by atoms with Crippen molar-refractivity contribution in [3.63, 3.8) is 0 Å². The van der Waals surface area contributed by atoms with E-state index in [1.165, 1.54) is 89.9 Å². The molecule has 0 N–H and O–H groups in total. The van der Waals surface area contributed by atoms with Gasteiger partial charge in [0, 0.05) is 13.2 Å². The molecule has 1 radical (unpaired) electrons. The predicted octanol–water partition coefficient (Wildman–Crippen LogP) is 12.1. The van der Waals surface area contributed by atoms with Crippen LogP contribution in [0.15, 0.2) is 0 Å². The van der Waals surface area contributed by atoms with E-state index in [1.807, 2.05) is 0 Å². The second-order valence-corrected chi connectivity index (χ2v) is 14.7. The van der Waals surface area contributed by atoms with Crippen LogP contribution in [0.4, 0.5) is 0 Å². The standard InChI is InChI=1S/C36H75O3Si/c1-12-20-24-32(17-6)29-37-40(38-30-33(18-7)25-21-13-2)39-36(31(9)10,34(19-8)26-22-14-3)35(11,27-16-5)28-23-15-4/h31-34H,12-30H2,1-11H3. The van der Waals surface area contributed by atoms with E-state index in [9.17, 15) is 0 Å². The molecule has 0 fully saturated rings. The summed E-state index contributed by atoms with van der Waals surface area (Å²) in [5, 5.41) is 0. The molecule has 0 aromatic carbocycles. The minimum Gasteiger partial charge on any atom is -0.371 e. The van der Waals surface area contributed by atoms with Gasteiger partial charge < -0.3 is 13.3 Å². The van der Waals surface area contributed by atoms with Gasteiger partial charge in [-0.15, -0.1) is 0 Å². The summed E-state index contributed by atoms with van der Waals surface area (Å²) in [5.74, 6) is 2.09. The Balaban J connectivity index is 6.58. The third-order valence-corrected chi connectivity index (χ3v) is 11.2. The first-order chi connectivity index (χ1) is 19.2. The first-order valence-electron chi connectivity index (χ1n) is 18.0. The van der Waals surface area contributed by atoms with E-state index < -0.39 is 9.53 Å². The average molecular weight is 584 g/mol. The second kappa shape index (κ2) is 23.5. The van der Waals surface area contributed by atoms with Crippen molar-refractivity contribution in [2.45, 2.75) is 191 Å². The van der Waals surface area contributed by atoms with Crippen LogP contribution in [0.3, 0.4) is 0 Å². The number of hydrogen-bond acceptors (Lipinski definition) is 3. The molecule has 0 aromatic rings. The van der Waals surface area contributed by atoms with Crippen molar-refractivity contribution in [1.29, 1.82) is 0 Å². The van der Waals surface area contributed by atoms with Crippen molar-refractivity contribution < 1.29 is 13.3 Å². The van der Waals surface area contributed by atoms with Gasteiger partial charge in [-0.1, -0.05) is 153 Å². The second-order valence-electron chi connectivity index (χ2n) is 13.4. The van der Waals surface area contributed by atoms with Crippen molar-refractivity contribution in [2.75, 3.05) is 13.2 Å². The molecule has 0 spiro atoms. The summed E-state index contributed by atoms with van der Waals surface area (Å²) in [4.78, 5) is 0. The molecule has 0 saturated carbocycles. The van der Waals surface area contributed by atoms with Crippen molar-refractivity contribution in [3.05, 3.63) is 0 Å². The fourth-order valence-corrected chi connectivity index (χ4v) is 9.07. The van der Waals surface area contributed by atoms with E-state index in [2.05, 4.69) is 76.2 Å². The topological polar surface area (TPSA) is 27.7 Å². The van der Waals surface area contributed by atoms with Crippen molar-refractivity contribution in [2.24, 2.45) is 29.1 Å². The van der Waals surface area contributed by atoms with Gasteiger partial charge in [0.15, 0.2) is 0 Å². The highest BCUT2D eigenvalue weighted by atomic mass is 28.3. The molecule has 4 heteroatoms. The van der Waals surface area contributed by atoms with E-state index in [0.29, 0.717) is 23.7 Å². The molecule has 0 aliphatic rings. The van der Waals surface area contributed by atoms with Gasteiger partial charge >= 0.3 is 9.53 Å². The summed E-state index contributed by atoms with van der Waals surface area (Å²) in [7, 11) is -1.91. The van der Waals surface area contributed by atoms with Crippen LogP contribution >= 0.6 is 0 Å². The Labute approximate surface area is 255 Å². The summed E-state index contributed by atoms with van der Waals surface area (Å²) in [6.45, 7) is 27.6. The molecule has 0 bridgehead atoms. The smallest absolute Gasteiger partial charge is 0.371 e. The zero-order chi connectivity index (χ0) is 30.4. The Bertz CT molecular complexity index is 550. The van der Waals surface area contributed by atoms with Crippen molar-refractivity contribution in [1.82, 2.24) is 0 Å². The molecule has 3 nitrogen and oxygen atoms in total. The lowest BCUT2D eigenvalue weighted by molar-refractivity contribution is -0.169. The molecule has 5 atom stereocenters. The predicted molar refractivity (Wildman–Crippen MR) is 179 cm³/mol. The highest BCUT2D eigenvalue weighted by molar-refractivity contribution is 6.36. The van der Waals surface area contributed by atoms with Gasteiger partial charge in [0.1, 0.15) is 0 Å². The van der Waals surface area contributed by atoms with Crippen LogP contribution in [0.25, 0.3) is 0 Å². The molecular formula is C36H75O3Si. The number of hydrogen-bond donors (Lipinski definition) is 0. The normalized spacial score (nSPS) is 17.6. The molecule has 0 saturated heterocycles. The maximum atomic E-state index is 7.62. The van der Waals surface area contributed by atoms with Crippen LogP contribution in [0.5, 0.6) is 0 Å². The van der Waals surface area contributed by atoms with E-state index in [4.69, 9.17) is 13.3 Å².